The largest absolute Gasteiger partial charge is 0.496 e. The van der Waals surface area contributed by atoms with Crippen molar-refractivity contribution in [3.05, 3.63) is 17.7 Å². The van der Waals surface area contributed by atoms with Crippen LogP contribution in [0.15, 0.2) is 12.1 Å². The summed E-state index contributed by atoms with van der Waals surface area (Å²) in [4.78, 5) is 17.0. The highest BCUT2D eigenvalue weighted by Gasteiger charge is 2.31. The molecular formula is C19H29N3O4. The zero-order valence-electron chi connectivity index (χ0n) is 15.9. The molecule has 7 heteroatoms. The van der Waals surface area contributed by atoms with Gasteiger partial charge in [0.05, 0.1) is 32.9 Å². The predicted octanol–water partition coefficient (Wildman–Crippen LogP) is 1.11. The average molecular weight is 363 g/mol. The maximum absolute atomic E-state index is 12.7. The predicted molar refractivity (Wildman–Crippen MR) is 99.0 cm³/mol. The first-order chi connectivity index (χ1) is 12.7. The van der Waals surface area contributed by atoms with E-state index in [-0.39, 0.29) is 11.9 Å². The number of nitrogens with one attached hydrogen (secondary N) is 1. The highest BCUT2D eigenvalue weighted by molar-refractivity contribution is 5.82. The van der Waals surface area contributed by atoms with Gasteiger partial charge < -0.3 is 24.4 Å². The minimum absolute atomic E-state index is 0.142. The summed E-state index contributed by atoms with van der Waals surface area (Å²) in [7, 11) is 4.92. The molecule has 1 aromatic carbocycles. The van der Waals surface area contributed by atoms with Crippen LogP contribution < -0.4 is 19.5 Å². The van der Waals surface area contributed by atoms with Crippen LogP contribution in [0.1, 0.15) is 18.4 Å². The van der Waals surface area contributed by atoms with Crippen molar-refractivity contribution in [1.29, 1.82) is 0 Å². The summed E-state index contributed by atoms with van der Waals surface area (Å²) >= 11 is 0. The lowest BCUT2D eigenvalue weighted by atomic mass is 10.1. The van der Waals surface area contributed by atoms with Crippen LogP contribution in [0.25, 0.3) is 0 Å². The summed E-state index contributed by atoms with van der Waals surface area (Å²) in [5, 5.41) is 3.37. The normalized spacial score (nSPS) is 20.9. The molecule has 0 radical (unpaired) electrons. The van der Waals surface area contributed by atoms with Gasteiger partial charge in [-0.1, -0.05) is 0 Å². The van der Waals surface area contributed by atoms with Crippen LogP contribution in [0.3, 0.4) is 0 Å². The number of carbonyl (C=O) groups excluding carboxylic acids is 1. The van der Waals surface area contributed by atoms with Gasteiger partial charge in [-0.3, -0.25) is 9.69 Å². The number of carbonyl (C=O) groups is 1. The summed E-state index contributed by atoms with van der Waals surface area (Å²) in [5.74, 6) is 2.40. The number of rotatable bonds is 6. The zero-order chi connectivity index (χ0) is 18.5. The molecule has 2 saturated heterocycles. The van der Waals surface area contributed by atoms with Gasteiger partial charge in [0.25, 0.3) is 0 Å². The fourth-order valence-corrected chi connectivity index (χ4v) is 3.74. The molecule has 1 N–H and O–H groups in total. The van der Waals surface area contributed by atoms with Crippen LogP contribution in [0.5, 0.6) is 17.2 Å². The SMILES string of the molecule is COc1cc(OC)c(CN2CCN[C@H](C(=O)N3CCCC3)C2)c(OC)c1. The fourth-order valence-electron chi connectivity index (χ4n) is 3.74. The Morgan fingerprint density at radius 3 is 2.31 bits per heavy atom. The molecule has 144 valence electrons. The van der Waals surface area contributed by atoms with Crippen molar-refractivity contribution in [2.24, 2.45) is 0 Å². The van der Waals surface area contributed by atoms with E-state index >= 15 is 0 Å². The van der Waals surface area contributed by atoms with Crippen LogP contribution in [0.2, 0.25) is 0 Å². The first-order valence-electron chi connectivity index (χ1n) is 9.19. The van der Waals surface area contributed by atoms with Crippen LogP contribution in [0.4, 0.5) is 0 Å². The second kappa shape index (κ2) is 8.60. The molecule has 0 spiro atoms. The number of methoxy groups -OCH3 is 3. The Morgan fingerprint density at radius 2 is 1.73 bits per heavy atom. The Bertz CT molecular complexity index is 606. The number of piperazine rings is 1. The number of amides is 1. The Hall–Kier alpha value is -1.99. The maximum atomic E-state index is 12.7. The molecule has 2 heterocycles. The molecule has 0 bridgehead atoms. The third kappa shape index (κ3) is 4.04. The van der Waals surface area contributed by atoms with E-state index in [4.69, 9.17) is 14.2 Å². The molecule has 2 fully saturated rings. The maximum Gasteiger partial charge on any atom is 0.241 e. The lowest BCUT2D eigenvalue weighted by molar-refractivity contribution is -0.133. The van der Waals surface area contributed by atoms with Gasteiger partial charge in [0.15, 0.2) is 0 Å². The quantitative estimate of drug-likeness (QED) is 0.817. The molecule has 2 aliphatic heterocycles. The summed E-state index contributed by atoms with van der Waals surface area (Å²) in [5.41, 5.74) is 0.977. The Kier molecular flexibility index (Phi) is 6.21. The van der Waals surface area contributed by atoms with E-state index < -0.39 is 0 Å². The van der Waals surface area contributed by atoms with Crippen LogP contribution in [-0.4, -0.2) is 75.8 Å². The third-order valence-electron chi connectivity index (χ3n) is 5.17. The third-order valence-corrected chi connectivity index (χ3v) is 5.17. The molecule has 0 aliphatic carbocycles. The fraction of sp³-hybridized carbons (Fsp3) is 0.632. The summed E-state index contributed by atoms with van der Waals surface area (Å²) in [6, 6.07) is 3.59. The zero-order valence-corrected chi connectivity index (χ0v) is 15.9. The molecule has 1 amide bonds. The molecule has 7 nitrogen and oxygen atoms in total. The molecule has 0 aromatic heterocycles. The lowest BCUT2D eigenvalue weighted by Gasteiger charge is -2.35. The molecule has 1 atom stereocenters. The van der Waals surface area contributed by atoms with Gasteiger partial charge in [-0.25, -0.2) is 0 Å². The summed E-state index contributed by atoms with van der Waals surface area (Å²) in [6.07, 6.45) is 2.23. The Balaban J connectivity index is 1.72. The topological polar surface area (TPSA) is 63.3 Å². The highest BCUT2D eigenvalue weighted by Crippen LogP contribution is 2.35. The first-order valence-corrected chi connectivity index (χ1v) is 9.19. The average Bonchev–Trinajstić information content (AvgIpc) is 3.22. The van der Waals surface area contributed by atoms with E-state index in [0.29, 0.717) is 18.8 Å². The van der Waals surface area contributed by atoms with Gasteiger partial charge in [-0.2, -0.15) is 0 Å². The van der Waals surface area contributed by atoms with E-state index in [1.807, 2.05) is 17.0 Å². The van der Waals surface area contributed by atoms with Gasteiger partial charge >= 0.3 is 0 Å². The van der Waals surface area contributed by atoms with E-state index in [1.54, 1.807) is 21.3 Å². The van der Waals surface area contributed by atoms with Crippen molar-refractivity contribution in [3.8, 4) is 17.2 Å². The second-order valence-corrected chi connectivity index (χ2v) is 6.78. The van der Waals surface area contributed by atoms with Crippen molar-refractivity contribution in [2.75, 3.05) is 54.1 Å². The second-order valence-electron chi connectivity index (χ2n) is 6.78. The van der Waals surface area contributed by atoms with E-state index in [0.717, 1.165) is 56.1 Å². The minimum Gasteiger partial charge on any atom is -0.496 e. The van der Waals surface area contributed by atoms with Crippen molar-refractivity contribution >= 4 is 5.91 Å². The van der Waals surface area contributed by atoms with Crippen LogP contribution >= 0.6 is 0 Å². The van der Waals surface area contributed by atoms with Crippen molar-refractivity contribution in [2.45, 2.75) is 25.4 Å². The number of hydrogen-bond acceptors (Lipinski definition) is 6. The highest BCUT2D eigenvalue weighted by atomic mass is 16.5. The molecular weight excluding hydrogens is 334 g/mol. The monoisotopic (exact) mass is 363 g/mol. The van der Waals surface area contributed by atoms with Crippen molar-refractivity contribution in [3.63, 3.8) is 0 Å². The van der Waals surface area contributed by atoms with Crippen molar-refractivity contribution in [1.82, 2.24) is 15.1 Å². The molecule has 0 unspecified atom stereocenters. The first kappa shape index (κ1) is 18.8. The van der Waals surface area contributed by atoms with Gasteiger partial charge in [0.1, 0.15) is 17.2 Å². The minimum atomic E-state index is -0.142. The Labute approximate surface area is 155 Å². The number of benzene rings is 1. The number of likely N-dealkylation sites (tertiary alicyclic amines) is 1. The van der Waals surface area contributed by atoms with Crippen LogP contribution in [0, 0.1) is 0 Å². The van der Waals surface area contributed by atoms with E-state index in [9.17, 15) is 4.79 Å². The number of nitrogens with zero attached hydrogens (tertiary/aromatic N) is 2. The molecule has 3 rings (SSSR count). The molecule has 2 aliphatic rings. The molecule has 1 aromatic rings. The van der Waals surface area contributed by atoms with Gasteiger partial charge in [-0.05, 0) is 12.8 Å². The standard InChI is InChI=1S/C19H29N3O4/c1-24-14-10-17(25-2)15(18(11-14)26-3)12-21-9-6-20-16(13-21)19(23)22-7-4-5-8-22/h10-11,16,20H,4-9,12-13H2,1-3H3/t16-/m0/s1. The van der Waals surface area contributed by atoms with Gasteiger partial charge in [-0.15, -0.1) is 0 Å². The molecule has 0 saturated carbocycles. The van der Waals surface area contributed by atoms with Crippen LogP contribution in [-0.2, 0) is 11.3 Å². The van der Waals surface area contributed by atoms with E-state index in [1.165, 1.54) is 0 Å². The van der Waals surface area contributed by atoms with Gasteiger partial charge in [0.2, 0.25) is 5.91 Å². The summed E-state index contributed by atoms with van der Waals surface area (Å²) in [6.45, 7) is 4.80. The summed E-state index contributed by atoms with van der Waals surface area (Å²) < 4.78 is 16.4. The number of ether oxygens (including phenoxy) is 3. The lowest BCUT2D eigenvalue weighted by Crippen LogP contribution is -2.57. The number of hydrogen-bond donors (Lipinski definition) is 1. The Morgan fingerprint density at radius 1 is 1.08 bits per heavy atom. The van der Waals surface area contributed by atoms with E-state index in [2.05, 4.69) is 10.2 Å². The van der Waals surface area contributed by atoms with Gasteiger partial charge in [0, 0.05) is 51.4 Å². The molecule has 26 heavy (non-hydrogen) atoms. The smallest absolute Gasteiger partial charge is 0.241 e. The van der Waals surface area contributed by atoms with Crippen molar-refractivity contribution < 1.29 is 19.0 Å².